The fraction of sp³-hybridized carbons (Fsp3) is 0.500. The zero-order valence-electron chi connectivity index (χ0n) is 4.89. The second-order valence-corrected chi connectivity index (χ2v) is 1.45. The molecule has 0 aliphatic carbocycles. The Bertz CT molecular complexity index is 134. The normalized spacial score (nSPS) is 11.3. The topological polar surface area (TPSA) is 94.8 Å². The molecule has 1 unspecified atom stereocenters. The van der Waals surface area contributed by atoms with Crippen LogP contribution in [-0.4, -0.2) is 33.4 Å². The van der Waals surface area contributed by atoms with E-state index in [9.17, 15) is 9.59 Å². The smallest absolute Gasteiger partial charge is 0.333 e. The number of carbonyl (C=O) groups is 2. The first-order valence-corrected chi connectivity index (χ1v) is 2.16. The minimum absolute atomic E-state index is 0. The van der Waals surface area contributed by atoms with Gasteiger partial charge in [-0.1, -0.05) is 0 Å². The van der Waals surface area contributed by atoms with Gasteiger partial charge in [-0.15, -0.1) is 0 Å². The van der Waals surface area contributed by atoms with Crippen LogP contribution in [0.2, 0.25) is 0 Å². The standard InChI is InChI=1S/C4H6O5.Ta/c5-2(4(8)9)1-3(6)7;/h2,5H,1H2,(H,6,7)(H,8,9);. The van der Waals surface area contributed by atoms with E-state index in [0.717, 1.165) is 0 Å². The van der Waals surface area contributed by atoms with Crippen molar-refractivity contribution in [3.8, 4) is 0 Å². The van der Waals surface area contributed by atoms with Crippen LogP contribution in [0, 0.1) is 0 Å². The Labute approximate surface area is 72.2 Å². The summed E-state index contributed by atoms with van der Waals surface area (Å²) in [5.74, 6) is -2.85. The quantitative estimate of drug-likeness (QED) is 0.615. The molecular formula is C4H6O5Ta. The van der Waals surface area contributed by atoms with Gasteiger partial charge in [0.25, 0.3) is 0 Å². The summed E-state index contributed by atoms with van der Waals surface area (Å²) in [5, 5.41) is 24.1. The zero-order valence-corrected chi connectivity index (χ0v) is 8.10. The second-order valence-electron chi connectivity index (χ2n) is 1.45. The van der Waals surface area contributed by atoms with E-state index in [0.29, 0.717) is 0 Å². The number of hydrogen-bond acceptors (Lipinski definition) is 3. The van der Waals surface area contributed by atoms with Crippen LogP contribution in [0.5, 0.6) is 0 Å². The molecule has 0 aliphatic heterocycles. The molecule has 0 rings (SSSR count). The van der Waals surface area contributed by atoms with Gasteiger partial charge < -0.3 is 15.3 Å². The van der Waals surface area contributed by atoms with Gasteiger partial charge >= 0.3 is 11.9 Å². The van der Waals surface area contributed by atoms with Crippen molar-refractivity contribution < 1.29 is 47.3 Å². The minimum Gasteiger partial charge on any atom is -0.481 e. The third-order valence-electron chi connectivity index (χ3n) is 0.653. The van der Waals surface area contributed by atoms with Crippen LogP contribution in [-0.2, 0) is 32.0 Å². The molecule has 0 spiro atoms. The Kier molecular flexibility index (Phi) is 6.69. The fourth-order valence-electron chi connectivity index (χ4n) is 0.253. The van der Waals surface area contributed by atoms with Crippen molar-refractivity contribution in [2.75, 3.05) is 0 Å². The molecule has 0 aromatic heterocycles. The van der Waals surface area contributed by atoms with E-state index in [-0.39, 0.29) is 22.4 Å². The van der Waals surface area contributed by atoms with Crippen molar-refractivity contribution in [3.63, 3.8) is 0 Å². The summed E-state index contributed by atoms with van der Waals surface area (Å²) < 4.78 is 0. The van der Waals surface area contributed by atoms with E-state index in [1.807, 2.05) is 0 Å². The zero-order chi connectivity index (χ0) is 7.44. The van der Waals surface area contributed by atoms with Crippen molar-refractivity contribution in [3.05, 3.63) is 0 Å². The summed E-state index contributed by atoms with van der Waals surface area (Å²) in [6.07, 6.45) is -2.54. The maximum absolute atomic E-state index is 9.72. The molecule has 3 N–H and O–H groups in total. The SMILES string of the molecule is O=C(O)CC(O)C(=O)O.[Ta]. The van der Waals surface area contributed by atoms with Gasteiger partial charge in [-0.05, 0) is 0 Å². The Morgan fingerprint density at radius 1 is 1.30 bits per heavy atom. The van der Waals surface area contributed by atoms with Gasteiger partial charge in [0.2, 0.25) is 0 Å². The van der Waals surface area contributed by atoms with Crippen molar-refractivity contribution >= 4 is 11.9 Å². The van der Waals surface area contributed by atoms with Gasteiger partial charge in [0.1, 0.15) is 0 Å². The van der Waals surface area contributed by atoms with E-state index < -0.39 is 24.5 Å². The van der Waals surface area contributed by atoms with Gasteiger partial charge in [0.05, 0.1) is 6.42 Å². The molecule has 6 heteroatoms. The number of carboxylic acid groups (broad SMARTS) is 2. The molecule has 0 heterocycles. The predicted molar refractivity (Wildman–Crippen MR) is 25.9 cm³/mol. The van der Waals surface area contributed by atoms with Crippen molar-refractivity contribution in [2.45, 2.75) is 12.5 Å². The average Bonchev–Trinajstić information content (AvgIpc) is 1.63. The number of carboxylic acids is 2. The first kappa shape index (κ1) is 12.3. The third-order valence-corrected chi connectivity index (χ3v) is 0.653. The van der Waals surface area contributed by atoms with Crippen LogP contribution < -0.4 is 0 Å². The van der Waals surface area contributed by atoms with E-state index in [1.165, 1.54) is 0 Å². The molecule has 0 aromatic rings. The Morgan fingerprint density at radius 2 is 1.70 bits per heavy atom. The second kappa shape index (κ2) is 5.43. The molecule has 0 aromatic carbocycles. The summed E-state index contributed by atoms with van der Waals surface area (Å²) >= 11 is 0. The van der Waals surface area contributed by atoms with Crippen LogP contribution in [0.1, 0.15) is 6.42 Å². The summed E-state index contributed by atoms with van der Waals surface area (Å²) in [5.41, 5.74) is 0. The first-order chi connectivity index (χ1) is 4.04. The summed E-state index contributed by atoms with van der Waals surface area (Å²) in [7, 11) is 0. The Morgan fingerprint density at radius 3 is 1.80 bits per heavy atom. The molecule has 0 amide bonds. The minimum atomic E-state index is -1.79. The van der Waals surface area contributed by atoms with Gasteiger partial charge in [0.15, 0.2) is 6.10 Å². The van der Waals surface area contributed by atoms with Crippen LogP contribution in [0.25, 0.3) is 0 Å². The van der Waals surface area contributed by atoms with Gasteiger partial charge in [-0.25, -0.2) is 4.79 Å². The molecule has 1 atom stereocenters. The number of aliphatic hydroxyl groups is 1. The predicted octanol–water partition coefficient (Wildman–Crippen LogP) is -1.10. The third kappa shape index (κ3) is 5.77. The maximum Gasteiger partial charge on any atom is 0.333 e. The van der Waals surface area contributed by atoms with Crippen LogP contribution in [0.15, 0.2) is 0 Å². The molecule has 57 valence electrons. The number of aliphatic carboxylic acids is 2. The van der Waals surface area contributed by atoms with Crippen LogP contribution in [0.3, 0.4) is 0 Å². The number of hydrogen-bond donors (Lipinski definition) is 3. The van der Waals surface area contributed by atoms with Gasteiger partial charge in [-0.3, -0.25) is 4.79 Å². The largest absolute Gasteiger partial charge is 0.481 e. The molecule has 10 heavy (non-hydrogen) atoms. The molecule has 0 saturated carbocycles. The summed E-state index contributed by atoms with van der Waals surface area (Å²) in [6.45, 7) is 0. The van der Waals surface area contributed by atoms with Crippen molar-refractivity contribution in [1.82, 2.24) is 0 Å². The van der Waals surface area contributed by atoms with Gasteiger partial charge in [-0.2, -0.15) is 0 Å². The average molecular weight is 315 g/mol. The van der Waals surface area contributed by atoms with Crippen molar-refractivity contribution in [1.29, 1.82) is 0 Å². The monoisotopic (exact) mass is 315 g/mol. The maximum atomic E-state index is 9.72. The van der Waals surface area contributed by atoms with Gasteiger partial charge in [0, 0.05) is 22.4 Å². The van der Waals surface area contributed by atoms with Crippen LogP contribution in [0.4, 0.5) is 0 Å². The number of rotatable bonds is 3. The summed E-state index contributed by atoms with van der Waals surface area (Å²) in [6, 6.07) is 0. The summed E-state index contributed by atoms with van der Waals surface area (Å²) in [4.78, 5) is 19.4. The van der Waals surface area contributed by atoms with E-state index in [2.05, 4.69) is 0 Å². The van der Waals surface area contributed by atoms with E-state index in [1.54, 1.807) is 0 Å². The number of aliphatic hydroxyl groups excluding tert-OH is 1. The van der Waals surface area contributed by atoms with E-state index >= 15 is 0 Å². The Hall–Kier alpha value is -0.360. The fourth-order valence-corrected chi connectivity index (χ4v) is 0.253. The van der Waals surface area contributed by atoms with Crippen molar-refractivity contribution in [2.24, 2.45) is 0 Å². The molecule has 0 bridgehead atoms. The van der Waals surface area contributed by atoms with Crippen LogP contribution >= 0.6 is 0 Å². The Balaban J connectivity index is 0. The molecule has 1 radical (unpaired) electrons. The van der Waals surface area contributed by atoms with E-state index in [4.69, 9.17) is 15.3 Å². The molecule has 0 aliphatic rings. The first-order valence-electron chi connectivity index (χ1n) is 2.16. The molecule has 0 saturated heterocycles. The molecular weight excluding hydrogens is 309 g/mol. The molecule has 5 nitrogen and oxygen atoms in total. The molecule has 0 fully saturated rings.